The molecular formula is C18H16Cl2N2O3. The zero-order valence-corrected chi connectivity index (χ0v) is 15.0. The van der Waals surface area contributed by atoms with Gasteiger partial charge in [0.15, 0.2) is 6.10 Å². The highest BCUT2D eigenvalue weighted by molar-refractivity contribution is 6.35. The van der Waals surface area contributed by atoms with Crippen molar-refractivity contribution in [3.8, 4) is 5.75 Å². The zero-order valence-electron chi connectivity index (χ0n) is 13.5. The molecular weight excluding hydrogens is 363 g/mol. The fourth-order valence-electron chi connectivity index (χ4n) is 2.69. The summed E-state index contributed by atoms with van der Waals surface area (Å²) in [6, 6.07) is 12.2. The molecule has 0 aliphatic carbocycles. The fraction of sp³-hybridized carbons (Fsp3) is 0.222. The first kappa shape index (κ1) is 17.6. The number of hydrogen-bond acceptors (Lipinski definition) is 3. The van der Waals surface area contributed by atoms with Gasteiger partial charge in [-0.15, -0.1) is 0 Å². The maximum atomic E-state index is 12.9. The molecule has 1 atom stereocenters. The molecule has 25 heavy (non-hydrogen) atoms. The third-order valence-electron chi connectivity index (χ3n) is 3.97. The molecule has 3 rings (SSSR count). The van der Waals surface area contributed by atoms with Crippen molar-refractivity contribution in [2.75, 3.05) is 18.5 Å². The molecule has 2 amide bonds. The molecule has 2 aromatic rings. The van der Waals surface area contributed by atoms with E-state index in [1.165, 1.54) is 7.05 Å². The van der Waals surface area contributed by atoms with Crippen molar-refractivity contribution in [2.45, 2.75) is 12.5 Å². The predicted molar refractivity (Wildman–Crippen MR) is 97.4 cm³/mol. The Balaban J connectivity index is 1.88. The second-order valence-electron chi connectivity index (χ2n) is 5.61. The predicted octanol–water partition coefficient (Wildman–Crippen LogP) is 3.08. The number of carbonyl (C=O) groups is 2. The van der Waals surface area contributed by atoms with Crippen molar-refractivity contribution in [1.29, 1.82) is 0 Å². The van der Waals surface area contributed by atoms with Gasteiger partial charge >= 0.3 is 0 Å². The summed E-state index contributed by atoms with van der Waals surface area (Å²) in [6.45, 7) is 0.140. The molecule has 0 radical (unpaired) electrons. The normalized spacial score (nSPS) is 16.0. The SMILES string of the molecule is CNC(=O)[C@H]1CN(C(=O)Cc2ccc(Cl)cc2Cl)c2ccccc2O1. The molecule has 130 valence electrons. The van der Waals surface area contributed by atoms with Crippen molar-refractivity contribution in [3.63, 3.8) is 0 Å². The first-order chi connectivity index (χ1) is 12.0. The Bertz CT molecular complexity index is 826. The molecule has 0 saturated heterocycles. The summed E-state index contributed by atoms with van der Waals surface area (Å²) in [6.07, 6.45) is -0.658. The van der Waals surface area contributed by atoms with Crippen LogP contribution in [0.2, 0.25) is 10.0 Å². The van der Waals surface area contributed by atoms with Crippen molar-refractivity contribution in [1.82, 2.24) is 5.32 Å². The van der Waals surface area contributed by atoms with Gasteiger partial charge < -0.3 is 15.0 Å². The maximum absolute atomic E-state index is 12.9. The standard InChI is InChI=1S/C18H16Cl2N2O3/c1-21-18(24)16-10-22(14-4-2-3-5-15(14)25-16)17(23)8-11-6-7-12(19)9-13(11)20/h2-7,9,16H,8,10H2,1H3,(H,21,24)/t16-/m1/s1. The number of carbonyl (C=O) groups excluding carboxylic acids is 2. The Kier molecular flexibility index (Phi) is 5.16. The van der Waals surface area contributed by atoms with Crippen LogP contribution in [0.1, 0.15) is 5.56 Å². The van der Waals surface area contributed by atoms with Gasteiger partial charge in [0.2, 0.25) is 5.91 Å². The number of anilines is 1. The first-order valence-corrected chi connectivity index (χ1v) is 8.46. The van der Waals surface area contributed by atoms with Gasteiger partial charge in [0.1, 0.15) is 5.75 Å². The van der Waals surface area contributed by atoms with Crippen molar-refractivity contribution in [3.05, 3.63) is 58.1 Å². The van der Waals surface area contributed by atoms with Gasteiger partial charge in [0, 0.05) is 17.1 Å². The van der Waals surface area contributed by atoms with Gasteiger partial charge in [-0.2, -0.15) is 0 Å². The lowest BCUT2D eigenvalue weighted by Crippen LogP contribution is -2.50. The van der Waals surface area contributed by atoms with E-state index in [-0.39, 0.29) is 24.8 Å². The van der Waals surface area contributed by atoms with Gasteiger partial charge in [-0.3, -0.25) is 9.59 Å². The summed E-state index contributed by atoms with van der Waals surface area (Å²) in [7, 11) is 1.53. The molecule has 1 aliphatic rings. The Morgan fingerprint density at radius 3 is 2.72 bits per heavy atom. The van der Waals surface area contributed by atoms with Crippen molar-refractivity contribution in [2.24, 2.45) is 0 Å². The van der Waals surface area contributed by atoms with Crippen molar-refractivity contribution >= 4 is 40.7 Å². The minimum absolute atomic E-state index is 0.102. The molecule has 0 unspecified atom stereocenters. The number of benzene rings is 2. The molecule has 0 saturated carbocycles. The maximum Gasteiger partial charge on any atom is 0.262 e. The lowest BCUT2D eigenvalue weighted by Gasteiger charge is -2.34. The van der Waals surface area contributed by atoms with Crippen LogP contribution in [0, 0.1) is 0 Å². The largest absolute Gasteiger partial charge is 0.477 e. The minimum atomic E-state index is -0.760. The van der Waals surface area contributed by atoms with E-state index in [0.29, 0.717) is 27.0 Å². The number of nitrogens with one attached hydrogen (secondary N) is 1. The van der Waals surface area contributed by atoms with Crippen LogP contribution in [-0.4, -0.2) is 31.5 Å². The van der Waals surface area contributed by atoms with E-state index in [9.17, 15) is 9.59 Å². The highest BCUT2D eigenvalue weighted by Crippen LogP contribution is 2.34. The number of nitrogens with zero attached hydrogens (tertiary/aromatic N) is 1. The van der Waals surface area contributed by atoms with Crippen LogP contribution in [0.4, 0.5) is 5.69 Å². The summed E-state index contributed by atoms with van der Waals surface area (Å²) in [4.78, 5) is 26.4. The molecule has 5 nitrogen and oxygen atoms in total. The average molecular weight is 379 g/mol. The van der Waals surface area contributed by atoms with Crippen LogP contribution in [0.25, 0.3) is 0 Å². The van der Waals surface area contributed by atoms with E-state index in [0.717, 1.165) is 0 Å². The molecule has 1 heterocycles. The van der Waals surface area contributed by atoms with Crippen LogP contribution in [0.3, 0.4) is 0 Å². The van der Waals surface area contributed by atoms with Gasteiger partial charge in [0.25, 0.3) is 5.91 Å². The van der Waals surface area contributed by atoms with E-state index in [2.05, 4.69) is 5.32 Å². The molecule has 7 heteroatoms. The van der Waals surface area contributed by atoms with E-state index >= 15 is 0 Å². The molecule has 2 aromatic carbocycles. The summed E-state index contributed by atoms with van der Waals surface area (Å²) >= 11 is 12.1. The summed E-state index contributed by atoms with van der Waals surface area (Å²) in [5.41, 5.74) is 1.31. The molecule has 1 N–H and O–H groups in total. The van der Waals surface area contributed by atoms with Gasteiger partial charge in [-0.05, 0) is 29.8 Å². The monoisotopic (exact) mass is 378 g/mol. The topological polar surface area (TPSA) is 58.6 Å². The minimum Gasteiger partial charge on any atom is -0.477 e. The second-order valence-corrected chi connectivity index (χ2v) is 6.45. The average Bonchev–Trinajstić information content (AvgIpc) is 2.62. The Morgan fingerprint density at radius 2 is 2.00 bits per heavy atom. The number of hydrogen-bond donors (Lipinski definition) is 1. The summed E-state index contributed by atoms with van der Waals surface area (Å²) in [5.74, 6) is 0.0450. The zero-order chi connectivity index (χ0) is 18.0. The van der Waals surface area contributed by atoms with Crippen LogP contribution in [0.15, 0.2) is 42.5 Å². The highest BCUT2D eigenvalue weighted by Gasteiger charge is 2.33. The van der Waals surface area contributed by atoms with Crippen LogP contribution in [0.5, 0.6) is 5.75 Å². The number of ether oxygens (including phenoxy) is 1. The number of rotatable bonds is 3. The van der Waals surface area contributed by atoms with E-state index in [1.54, 1.807) is 41.3 Å². The number of para-hydroxylation sites is 2. The van der Waals surface area contributed by atoms with Crippen LogP contribution >= 0.6 is 23.2 Å². The molecule has 0 aromatic heterocycles. The molecule has 0 bridgehead atoms. The number of fused-ring (bicyclic) bond motifs is 1. The molecule has 0 spiro atoms. The summed E-state index contributed by atoms with van der Waals surface area (Å²) in [5, 5.41) is 3.50. The van der Waals surface area contributed by atoms with Crippen LogP contribution in [-0.2, 0) is 16.0 Å². The molecule has 1 aliphatic heterocycles. The van der Waals surface area contributed by atoms with E-state index in [1.807, 2.05) is 6.07 Å². The van der Waals surface area contributed by atoms with Crippen molar-refractivity contribution < 1.29 is 14.3 Å². The van der Waals surface area contributed by atoms with Gasteiger partial charge in [-0.25, -0.2) is 0 Å². The second kappa shape index (κ2) is 7.33. The lowest BCUT2D eigenvalue weighted by atomic mass is 10.1. The number of likely N-dealkylation sites (N-methyl/N-ethyl adjacent to an activating group) is 1. The Morgan fingerprint density at radius 1 is 1.24 bits per heavy atom. The van der Waals surface area contributed by atoms with Gasteiger partial charge in [-0.1, -0.05) is 41.4 Å². The smallest absolute Gasteiger partial charge is 0.262 e. The van der Waals surface area contributed by atoms with Gasteiger partial charge in [0.05, 0.1) is 18.7 Å². The van der Waals surface area contributed by atoms with E-state index < -0.39 is 6.10 Å². The fourth-order valence-corrected chi connectivity index (χ4v) is 3.17. The quantitative estimate of drug-likeness (QED) is 0.892. The highest BCUT2D eigenvalue weighted by atomic mass is 35.5. The lowest BCUT2D eigenvalue weighted by molar-refractivity contribution is -0.127. The first-order valence-electron chi connectivity index (χ1n) is 7.71. The number of halogens is 2. The Labute approximate surface area is 155 Å². The van der Waals surface area contributed by atoms with E-state index in [4.69, 9.17) is 27.9 Å². The number of amides is 2. The third-order valence-corrected chi connectivity index (χ3v) is 4.56. The Hall–Kier alpha value is -2.24. The summed E-state index contributed by atoms with van der Waals surface area (Å²) < 4.78 is 5.71. The molecule has 0 fully saturated rings. The third kappa shape index (κ3) is 3.72. The van der Waals surface area contributed by atoms with Crippen LogP contribution < -0.4 is 15.0 Å².